The summed E-state index contributed by atoms with van der Waals surface area (Å²) in [4.78, 5) is 12.2. The summed E-state index contributed by atoms with van der Waals surface area (Å²) < 4.78 is 5.51. The van der Waals surface area contributed by atoms with Crippen LogP contribution in [0, 0.1) is 0 Å². The highest BCUT2D eigenvalue weighted by atomic mass is 32.2. The number of fused-ring (bicyclic) bond motifs is 1. The molecule has 2 rings (SSSR count). The lowest BCUT2D eigenvalue weighted by atomic mass is 9.91. The summed E-state index contributed by atoms with van der Waals surface area (Å²) in [7, 11) is 0. The molecule has 0 fully saturated rings. The van der Waals surface area contributed by atoms with Crippen molar-refractivity contribution >= 4 is 17.7 Å². The largest absolute Gasteiger partial charge is 0.494 e. The Kier molecular flexibility index (Phi) is 4.53. The summed E-state index contributed by atoms with van der Waals surface area (Å²) in [6.07, 6.45) is 2.23. The molecule has 98 valence electrons. The highest BCUT2D eigenvalue weighted by Gasteiger charge is 2.22. The third-order valence-electron chi connectivity index (χ3n) is 3.11. The molecule has 0 saturated carbocycles. The molecule has 0 saturated heterocycles. The van der Waals surface area contributed by atoms with Crippen molar-refractivity contribution in [1.29, 1.82) is 0 Å². The van der Waals surface area contributed by atoms with E-state index >= 15 is 0 Å². The van der Waals surface area contributed by atoms with Gasteiger partial charge in [0.25, 0.3) is 0 Å². The van der Waals surface area contributed by atoms with Crippen molar-refractivity contribution in [2.75, 3.05) is 12.4 Å². The molecule has 1 N–H and O–H groups in total. The van der Waals surface area contributed by atoms with Crippen molar-refractivity contribution in [1.82, 2.24) is 0 Å². The lowest BCUT2D eigenvalue weighted by molar-refractivity contribution is -0.137. The van der Waals surface area contributed by atoms with Gasteiger partial charge in [0.2, 0.25) is 0 Å². The van der Waals surface area contributed by atoms with Crippen molar-refractivity contribution < 1.29 is 14.6 Å². The molecular weight excluding hydrogens is 248 g/mol. The Labute approximate surface area is 112 Å². The average Bonchev–Trinajstić information content (AvgIpc) is 2.52. The molecule has 1 aliphatic rings. The Morgan fingerprint density at radius 3 is 3.11 bits per heavy atom. The van der Waals surface area contributed by atoms with Gasteiger partial charge in [-0.2, -0.15) is 0 Å². The van der Waals surface area contributed by atoms with E-state index in [1.807, 2.05) is 30.8 Å². The maximum absolute atomic E-state index is 11.0. The molecule has 1 heterocycles. The summed E-state index contributed by atoms with van der Waals surface area (Å²) in [5.41, 5.74) is 1.14. The summed E-state index contributed by atoms with van der Waals surface area (Å²) >= 11 is 1.82. The molecule has 0 aliphatic carbocycles. The molecule has 0 amide bonds. The van der Waals surface area contributed by atoms with Crippen LogP contribution >= 0.6 is 11.8 Å². The Morgan fingerprint density at radius 2 is 2.39 bits per heavy atom. The first-order valence-electron chi connectivity index (χ1n) is 6.32. The second-order valence-corrected chi connectivity index (χ2v) is 5.55. The molecule has 0 bridgehead atoms. The normalized spacial score (nSPS) is 18.8. The summed E-state index contributed by atoms with van der Waals surface area (Å²) in [5.74, 6) is 1.30. The highest BCUT2D eigenvalue weighted by molar-refractivity contribution is 7.99. The van der Waals surface area contributed by atoms with Crippen LogP contribution in [0.25, 0.3) is 0 Å². The Bertz CT molecular complexity index is 431. The van der Waals surface area contributed by atoms with Crippen LogP contribution in [0.1, 0.15) is 37.7 Å². The number of rotatable bonds is 4. The molecular formula is C14H18O3S. The zero-order valence-corrected chi connectivity index (χ0v) is 11.3. The van der Waals surface area contributed by atoms with E-state index in [-0.39, 0.29) is 12.3 Å². The maximum Gasteiger partial charge on any atom is 0.303 e. The number of ether oxygens (including phenoxy) is 1. The van der Waals surface area contributed by atoms with Crippen molar-refractivity contribution in [2.45, 2.75) is 37.0 Å². The molecule has 0 spiro atoms. The number of benzene rings is 1. The average molecular weight is 266 g/mol. The fourth-order valence-electron chi connectivity index (χ4n) is 2.32. The minimum atomic E-state index is -0.723. The first-order valence-corrected chi connectivity index (χ1v) is 7.30. The summed E-state index contributed by atoms with van der Waals surface area (Å²) in [5, 5.41) is 9.02. The number of thioether (sulfide) groups is 1. The second-order valence-electron chi connectivity index (χ2n) is 4.42. The van der Waals surface area contributed by atoms with Crippen LogP contribution in [0.3, 0.4) is 0 Å². The van der Waals surface area contributed by atoms with E-state index in [2.05, 4.69) is 6.07 Å². The van der Waals surface area contributed by atoms with Gasteiger partial charge in [0.15, 0.2) is 0 Å². The lowest BCUT2D eigenvalue weighted by Gasteiger charge is -2.16. The molecule has 0 aromatic heterocycles. The molecule has 18 heavy (non-hydrogen) atoms. The van der Waals surface area contributed by atoms with Gasteiger partial charge in [0.05, 0.1) is 13.0 Å². The van der Waals surface area contributed by atoms with Gasteiger partial charge in [-0.05, 0) is 55.2 Å². The highest BCUT2D eigenvalue weighted by Crippen LogP contribution is 2.39. The van der Waals surface area contributed by atoms with E-state index in [9.17, 15) is 4.79 Å². The quantitative estimate of drug-likeness (QED) is 0.905. The molecule has 1 aliphatic heterocycles. The Balaban J connectivity index is 2.30. The van der Waals surface area contributed by atoms with E-state index in [0.29, 0.717) is 6.61 Å². The fourth-order valence-corrected chi connectivity index (χ4v) is 3.41. The van der Waals surface area contributed by atoms with Gasteiger partial charge in [-0.25, -0.2) is 0 Å². The number of hydrogen-bond donors (Lipinski definition) is 1. The van der Waals surface area contributed by atoms with Crippen LogP contribution in [-0.2, 0) is 4.79 Å². The fraction of sp³-hybridized carbons (Fsp3) is 0.500. The predicted octanol–water partition coefficient (Wildman–Crippen LogP) is 3.53. The van der Waals surface area contributed by atoms with Crippen molar-refractivity contribution in [2.24, 2.45) is 0 Å². The predicted molar refractivity (Wildman–Crippen MR) is 72.6 cm³/mol. The minimum Gasteiger partial charge on any atom is -0.494 e. The van der Waals surface area contributed by atoms with E-state index < -0.39 is 5.97 Å². The zero-order valence-electron chi connectivity index (χ0n) is 10.5. The SMILES string of the molecule is CCOc1ccc2c(c1)C(CC(=O)O)CCCS2. The molecule has 0 radical (unpaired) electrons. The molecule has 1 atom stereocenters. The summed E-state index contributed by atoms with van der Waals surface area (Å²) in [6, 6.07) is 6.05. The number of carboxylic acids is 1. The Morgan fingerprint density at radius 1 is 1.56 bits per heavy atom. The molecule has 1 aromatic rings. The summed E-state index contributed by atoms with van der Waals surface area (Å²) in [6.45, 7) is 2.59. The van der Waals surface area contributed by atoms with Crippen molar-refractivity contribution in [3.8, 4) is 5.75 Å². The van der Waals surface area contributed by atoms with Gasteiger partial charge in [0.1, 0.15) is 5.75 Å². The molecule has 1 aromatic carbocycles. The third kappa shape index (κ3) is 3.19. The Hall–Kier alpha value is -1.16. The minimum absolute atomic E-state index is 0.118. The van der Waals surface area contributed by atoms with Crippen molar-refractivity contribution in [3.05, 3.63) is 23.8 Å². The van der Waals surface area contributed by atoms with Crippen LogP contribution in [0.4, 0.5) is 0 Å². The standard InChI is InChI=1S/C14H18O3S/c1-2-17-11-5-6-13-12(9-11)10(8-14(15)16)4-3-7-18-13/h5-6,9-10H,2-4,7-8H2,1H3,(H,15,16). The second kappa shape index (κ2) is 6.14. The molecule has 1 unspecified atom stereocenters. The van der Waals surface area contributed by atoms with Gasteiger partial charge >= 0.3 is 5.97 Å². The maximum atomic E-state index is 11.0. The smallest absolute Gasteiger partial charge is 0.303 e. The van der Waals surface area contributed by atoms with Crippen molar-refractivity contribution in [3.63, 3.8) is 0 Å². The van der Waals surface area contributed by atoms with Crippen LogP contribution in [-0.4, -0.2) is 23.4 Å². The topological polar surface area (TPSA) is 46.5 Å². The van der Waals surface area contributed by atoms with Crippen LogP contribution in [0.15, 0.2) is 23.1 Å². The number of hydrogen-bond acceptors (Lipinski definition) is 3. The number of aliphatic carboxylic acids is 1. The van der Waals surface area contributed by atoms with Crippen LogP contribution < -0.4 is 4.74 Å². The third-order valence-corrected chi connectivity index (χ3v) is 4.28. The monoisotopic (exact) mass is 266 g/mol. The van der Waals surface area contributed by atoms with E-state index in [0.717, 1.165) is 29.9 Å². The van der Waals surface area contributed by atoms with Gasteiger partial charge in [-0.3, -0.25) is 4.79 Å². The van der Waals surface area contributed by atoms with Gasteiger partial charge in [0, 0.05) is 4.90 Å². The first-order chi connectivity index (χ1) is 8.70. The van der Waals surface area contributed by atoms with Crippen LogP contribution in [0.2, 0.25) is 0 Å². The number of carboxylic acid groups (broad SMARTS) is 1. The lowest BCUT2D eigenvalue weighted by Crippen LogP contribution is -2.07. The first kappa shape index (κ1) is 13.3. The van der Waals surface area contributed by atoms with E-state index in [1.54, 1.807) is 0 Å². The van der Waals surface area contributed by atoms with Crippen LogP contribution in [0.5, 0.6) is 5.75 Å². The molecule has 4 heteroatoms. The van der Waals surface area contributed by atoms with E-state index in [4.69, 9.17) is 9.84 Å². The van der Waals surface area contributed by atoms with Gasteiger partial charge in [-0.1, -0.05) is 0 Å². The van der Waals surface area contributed by atoms with Gasteiger partial charge in [-0.15, -0.1) is 11.8 Å². The van der Waals surface area contributed by atoms with E-state index in [1.165, 1.54) is 4.90 Å². The van der Waals surface area contributed by atoms with Gasteiger partial charge < -0.3 is 9.84 Å². The zero-order chi connectivity index (χ0) is 13.0. The molecule has 3 nitrogen and oxygen atoms in total. The number of carbonyl (C=O) groups is 1.